The summed E-state index contributed by atoms with van der Waals surface area (Å²) < 4.78 is 0.575. The molecule has 2 aromatic carbocycles. The molecule has 0 saturated carbocycles. The Hall–Kier alpha value is -3.86. The van der Waals surface area contributed by atoms with Gasteiger partial charge in [-0.2, -0.15) is 0 Å². The van der Waals surface area contributed by atoms with Gasteiger partial charge in [-0.3, -0.25) is 14.6 Å². The lowest BCUT2D eigenvalue weighted by molar-refractivity contribution is -0.139. The maximum Gasteiger partial charge on any atom is 0.326 e. The largest absolute Gasteiger partial charge is 0.480 e. The number of para-hydroxylation sites is 1. The molecule has 2 amide bonds. The highest BCUT2D eigenvalue weighted by molar-refractivity contribution is 9.10. The molecule has 1 atom stereocenters. The van der Waals surface area contributed by atoms with Crippen molar-refractivity contribution in [2.24, 2.45) is 16.5 Å². The number of benzene rings is 2. The number of unbranched alkanes of at least 4 members (excludes halogenated alkanes) is 1. The minimum atomic E-state index is -1.15. The van der Waals surface area contributed by atoms with Crippen molar-refractivity contribution in [3.05, 3.63) is 64.3 Å². The Labute approximate surface area is 210 Å². The lowest BCUT2D eigenvalue weighted by atomic mass is 10.1. The quantitative estimate of drug-likeness (QED) is 0.123. The number of amides is 2. The number of anilines is 1. The van der Waals surface area contributed by atoms with Gasteiger partial charge in [-0.05, 0) is 52.5 Å². The highest BCUT2D eigenvalue weighted by Gasteiger charge is 2.24. The molecular weight excluding hydrogens is 516 g/mol. The first kappa shape index (κ1) is 25.8. The summed E-state index contributed by atoms with van der Waals surface area (Å²) in [5.41, 5.74) is 12.8. The second kappa shape index (κ2) is 12.0. The van der Waals surface area contributed by atoms with Gasteiger partial charge in [-0.1, -0.05) is 30.3 Å². The molecule has 1 aromatic heterocycles. The molecule has 3 aromatic rings. The number of guanidine groups is 1. The van der Waals surface area contributed by atoms with E-state index in [1.807, 2.05) is 24.3 Å². The molecule has 0 aliphatic carbocycles. The second-order valence-corrected chi connectivity index (χ2v) is 8.73. The molecule has 0 fully saturated rings. The summed E-state index contributed by atoms with van der Waals surface area (Å²) in [6.07, 6.45) is 1.75. The van der Waals surface area contributed by atoms with Crippen molar-refractivity contribution in [2.75, 3.05) is 11.9 Å². The first-order valence-electron chi connectivity index (χ1n) is 11.0. The first-order valence-corrected chi connectivity index (χ1v) is 11.8. The van der Waals surface area contributed by atoms with E-state index >= 15 is 0 Å². The number of carbonyl (C=O) groups is 3. The van der Waals surface area contributed by atoms with Gasteiger partial charge in [0.05, 0.1) is 4.47 Å². The van der Waals surface area contributed by atoms with Gasteiger partial charge >= 0.3 is 5.97 Å². The summed E-state index contributed by atoms with van der Waals surface area (Å²) in [4.78, 5) is 43.5. The molecule has 0 radical (unpaired) electrons. The molecular formula is C24H27BrN6O4. The molecule has 0 aliphatic heterocycles. The average molecular weight is 543 g/mol. The minimum absolute atomic E-state index is 0.0324. The number of carboxylic acids is 1. The molecule has 11 heteroatoms. The number of hydrogen-bond donors (Lipinski definition) is 6. The predicted octanol–water partition coefficient (Wildman–Crippen LogP) is 2.74. The molecule has 35 heavy (non-hydrogen) atoms. The van der Waals surface area contributed by atoms with Crippen molar-refractivity contribution in [1.29, 1.82) is 0 Å². The number of aromatic nitrogens is 1. The van der Waals surface area contributed by atoms with E-state index < -0.39 is 17.9 Å². The number of hydrogen-bond acceptors (Lipinski definition) is 4. The van der Waals surface area contributed by atoms with E-state index in [9.17, 15) is 19.5 Å². The number of aliphatic imine (C=N–C) groups is 1. The van der Waals surface area contributed by atoms with Crippen LogP contribution in [0.3, 0.4) is 0 Å². The predicted molar refractivity (Wildman–Crippen MR) is 138 cm³/mol. The number of rotatable bonds is 11. The normalized spacial score (nSPS) is 11.6. The Bertz CT molecular complexity index is 1230. The number of H-pyrrole nitrogens is 1. The van der Waals surface area contributed by atoms with Crippen molar-refractivity contribution in [2.45, 2.75) is 31.7 Å². The Morgan fingerprint density at radius 2 is 1.77 bits per heavy atom. The Balaban J connectivity index is 1.55. The van der Waals surface area contributed by atoms with E-state index in [4.69, 9.17) is 11.5 Å². The molecule has 10 nitrogen and oxygen atoms in total. The van der Waals surface area contributed by atoms with Crippen LogP contribution < -0.4 is 22.1 Å². The van der Waals surface area contributed by atoms with E-state index in [2.05, 4.69) is 36.5 Å². The van der Waals surface area contributed by atoms with Gasteiger partial charge in [-0.15, -0.1) is 0 Å². The van der Waals surface area contributed by atoms with Crippen molar-refractivity contribution >= 4 is 56.3 Å². The summed E-state index contributed by atoms with van der Waals surface area (Å²) in [6.45, 7) is 0.475. The van der Waals surface area contributed by atoms with Crippen LogP contribution in [0.25, 0.3) is 10.9 Å². The molecule has 8 N–H and O–H groups in total. The SMILES string of the molecule is NC(N)=NCCCCC(=O)Nc1ccc(C[C@H](NC(=O)c2[nH]c3ccccc3c2Br)C(=O)O)cc1. The van der Waals surface area contributed by atoms with E-state index in [-0.39, 0.29) is 24.0 Å². The highest BCUT2D eigenvalue weighted by atomic mass is 79.9. The molecule has 0 saturated heterocycles. The molecule has 0 bridgehead atoms. The number of carbonyl (C=O) groups excluding carboxylic acids is 2. The first-order chi connectivity index (χ1) is 16.7. The van der Waals surface area contributed by atoms with Crippen molar-refractivity contribution < 1.29 is 19.5 Å². The Kier molecular flexibility index (Phi) is 8.85. The van der Waals surface area contributed by atoms with Crippen LogP contribution in [-0.2, 0) is 16.0 Å². The summed E-state index contributed by atoms with van der Waals surface area (Å²) in [5.74, 6) is -1.78. The van der Waals surface area contributed by atoms with Gasteiger partial charge in [0.25, 0.3) is 5.91 Å². The van der Waals surface area contributed by atoms with Crippen molar-refractivity contribution in [3.8, 4) is 0 Å². The summed E-state index contributed by atoms with van der Waals surface area (Å²) in [5, 5.41) is 15.9. The van der Waals surface area contributed by atoms with Crippen LogP contribution in [0.2, 0.25) is 0 Å². The van der Waals surface area contributed by atoms with Gasteiger partial charge in [0.1, 0.15) is 11.7 Å². The van der Waals surface area contributed by atoms with E-state index in [0.717, 1.165) is 10.9 Å². The fraction of sp³-hybridized carbons (Fsp3) is 0.250. The van der Waals surface area contributed by atoms with Gasteiger partial charge < -0.3 is 32.2 Å². The number of carboxylic acid groups (broad SMARTS) is 1. The summed E-state index contributed by atoms with van der Waals surface area (Å²) in [6, 6.07) is 13.1. The minimum Gasteiger partial charge on any atom is -0.480 e. The summed E-state index contributed by atoms with van der Waals surface area (Å²) >= 11 is 3.41. The maximum atomic E-state index is 12.8. The zero-order valence-electron chi connectivity index (χ0n) is 18.9. The smallest absolute Gasteiger partial charge is 0.326 e. The fourth-order valence-electron chi connectivity index (χ4n) is 3.48. The third kappa shape index (κ3) is 7.31. The highest BCUT2D eigenvalue weighted by Crippen LogP contribution is 2.27. The van der Waals surface area contributed by atoms with Crippen LogP contribution in [0.15, 0.2) is 58.0 Å². The second-order valence-electron chi connectivity index (χ2n) is 7.94. The average Bonchev–Trinajstić information content (AvgIpc) is 3.16. The van der Waals surface area contributed by atoms with E-state index in [1.165, 1.54) is 0 Å². The topological polar surface area (TPSA) is 176 Å². The number of aliphatic carboxylic acids is 1. The van der Waals surface area contributed by atoms with Crippen LogP contribution in [0.4, 0.5) is 5.69 Å². The standard InChI is InChI=1S/C24H27BrN6O4/c25-20-16-5-1-2-6-17(16)30-21(20)22(33)31-18(23(34)35)13-14-8-10-15(11-9-14)29-19(32)7-3-4-12-28-24(26)27/h1-2,5-6,8-11,18,30H,3-4,7,12-13H2,(H,29,32)(H,31,33)(H,34,35)(H4,26,27,28)/t18-/m0/s1. The van der Waals surface area contributed by atoms with Crippen LogP contribution in [0.1, 0.15) is 35.3 Å². The molecule has 0 unspecified atom stereocenters. The number of aromatic amines is 1. The monoisotopic (exact) mass is 542 g/mol. The zero-order valence-corrected chi connectivity index (χ0v) is 20.5. The van der Waals surface area contributed by atoms with Crippen LogP contribution in [0.5, 0.6) is 0 Å². The molecule has 184 valence electrons. The third-order valence-corrected chi connectivity index (χ3v) is 6.08. The fourth-order valence-corrected chi connectivity index (χ4v) is 4.11. The van der Waals surface area contributed by atoms with Crippen LogP contribution >= 0.6 is 15.9 Å². The van der Waals surface area contributed by atoms with Gasteiger partial charge in [-0.25, -0.2) is 4.79 Å². The number of fused-ring (bicyclic) bond motifs is 1. The van der Waals surface area contributed by atoms with Crippen molar-refractivity contribution in [3.63, 3.8) is 0 Å². The molecule has 1 heterocycles. The van der Waals surface area contributed by atoms with Crippen molar-refractivity contribution in [1.82, 2.24) is 10.3 Å². The van der Waals surface area contributed by atoms with Gasteiger partial charge in [0, 0.05) is 36.0 Å². The van der Waals surface area contributed by atoms with Crippen LogP contribution in [0, 0.1) is 0 Å². The zero-order chi connectivity index (χ0) is 25.4. The molecule has 3 rings (SSSR count). The summed E-state index contributed by atoms with van der Waals surface area (Å²) in [7, 11) is 0. The number of nitrogens with zero attached hydrogens (tertiary/aromatic N) is 1. The van der Waals surface area contributed by atoms with E-state index in [1.54, 1.807) is 24.3 Å². The lowest BCUT2D eigenvalue weighted by Gasteiger charge is -2.15. The van der Waals surface area contributed by atoms with Gasteiger partial charge in [0.2, 0.25) is 5.91 Å². The Morgan fingerprint density at radius 3 is 2.43 bits per heavy atom. The molecule has 0 aliphatic rings. The Morgan fingerprint density at radius 1 is 1.06 bits per heavy atom. The van der Waals surface area contributed by atoms with Crippen LogP contribution in [-0.4, -0.2) is 46.4 Å². The lowest BCUT2D eigenvalue weighted by Crippen LogP contribution is -2.42. The number of nitrogens with two attached hydrogens (primary N) is 2. The van der Waals surface area contributed by atoms with E-state index in [0.29, 0.717) is 41.5 Å². The maximum absolute atomic E-state index is 12.8. The van der Waals surface area contributed by atoms with Gasteiger partial charge in [0.15, 0.2) is 5.96 Å². The third-order valence-electron chi connectivity index (χ3n) is 5.26. The number of nitrogens with one attached hydrogen (secondary N) is 3. The molecule has 0 spiro atoms. The number of halogens is 1.